The number of nitrogens with zero attached hydrogens (tertiary/aromatic N) is 2. The Labute approximate surface area is 143 Å². The minimum absolute atomic E-state index is 0.00578. The molecule has 2 heterocycles. The summed E-state index contributed by atoms with van der Waals surface area (Å²) in [5, 5.41) is 0. The standard InChI is InChI=1S/C18H27N3O3/c1-23-18(7-2-3-8-18)16(19)17(22)21-11-6-15(12-21)24-13-14-4-9-20-10-5-14/h4-5,9-10,15-16H,2-3,6-8,11-13,19H2,1H3. The number of hydrogen-bond donors (Lipinski definition) is 1. The zero-order valence-electron chi connectivity index (χ0n) is 14.3. The Morgan fingerprint density at radius 3 is 2.79 bits per heavy atom. The van der Waals surface area contributed by atoms with Crippen molar-refractivity contribution < 1.29 is 14.3 Å². The SMILES string of the molecule is COC1(C(N)C(=O)N2CCC(OCc3ccncc3)C2)CCCC1. The highest BCUT2D eigenvalue weighted by Gasteiger charge is 2.45. The molecule has 1 aromatic rings. The van der Waals surface area contributed by atoms with E-state index in [0.717, 1.165) is 37.7 Å². The van der Waals surface area contributed by atoms with Crippen LogP contribution in [0.1, 0.15) is 37.7 Å². The molecule has 0 spiro atoms. The molecule has 1 aromatic heterocycles. The Morgan fingerprint density at radius 2 is 2.12 bits per heavy atom. The van der Waals surface area contributed by atoms with Crippen molar-refractivity contribution in [2.24, 2.45) is 5.73 Å². The number of nitrogens with two attached hydrogens (primary N) is 1. The molecule has 1 aliphatic heterocycles. The molecule has 0 aromatic carbocycles. The first kappa shape index (κ1) is 17.3. The van der Waals surface area contributed by atoms with E-state index < -0.39 is 11.6 Å². The Hall–Kier alpha value is -1.50. The van der Waals surface area contributed by atoms with Gasteiger partial charge >= 0.3 is 0 Å². The summed E-state index contributed by atoms with van der Waals surface area (Å²) in [6.07, 6.45) is 8.32. The lowest BCUT2D eigenvalue weighted by Gasteiger charge is -2.35. The topological polar surface area (TPSA) is 77.7 Å². The Bertz CT molecular complexity index is 546. The van der Waals surface area contributed by atoms with Crippen molar-refractivity contribution in [1.29, 1.82) is 0 Å². The first-order chi connectivity index (χ1) is 11.6. The predicted molar refractivity (Wildman–Crippen MR) is 90.2 cm³/mol. The molecule has 3 rings (SSSR count). The number of likely N-dealkylation sites (tertiary alicyclic amines) is 1. The maximum absolute atomic E-state index is 12.8. The van der Waals surface area contributed by atoms with Gasteiger partial charge in [0.15, 0.2) is 0 Å². The van der Waals surface area contributed by atoms with E-state index in [-0.39, 0.29) is 12.0 Å². The molecule has 132 valence electrons. The van der Waals surface area contributed by atoms with Crippen LogP contribution in [0, 0.1) is 0 Å². The third-order valence-electron chi connectivity index (χ3n) is 5.38. The molecule has 0 radical (unpaired) electrons. The normalized spacial score (nSPS) is 24.2. The minimum Gasteiger partial charge on any atom is -0.376 e. The van der Waals surface area contributed by atoms with Crippen LogP contribution in [0.3, 0.4) is 0 Å². The van der Waals surface area contributed by atoms with Crippen LogP contribution in [-0.2, 0) is 20.9 Å². The van der Waals surface area contributed by atoms with Crippen molar-refractivity contribution in [3.8, 4) is 0 Å². The second-order valence-corrected chi connectivity index (χ2v) is 6.82. The van der Waals surface area contributed by atoms with Gasteiger partial charge in [0, 0.05) is 32.6 Å². The monoisotopic (exact) mass is 333 g/mol. The van der Waals surface area contributed by atoms with Crippen LogP contribution in [0.4, 0.5) is 0 Å². The number of ether oxygens (including phenoxy) is 2. The summed E-state index contributed by atoms with van der Waals surface area (Å²) < 4.78 is 11.6. The molecular weight excluding hydrogens is 306 g/mol. The van der Waals surface area contributed by atoms with E-state index in [1.165, 1.54) is 0 Å². The maximum Gasteiger partial charge on any atom is 0.242 e. The molecule has 2 atom stereocenters. The third-order valence-corrected chi connectivity index (χ3v) is 5.38. The molecule has 6 nitrogen and oxygen atoms in total. The molecule has 2 N–H and O–H groups in total. The molecular formula is C18H27N3O3. The molecule has 2 unspecified atom stereocenters. The highest BCUT2D eigenvalue weighted by Crippen LogP contribution is 2.35. The average molecular weight is 333 g/mol. The Morgan fingerprint density at radius 1 is 1.42 bits per heavy atom. The van der Waals surface area contributed by atoms with Crippen LogP contribution >= 0.6 is 0 Å². The van der Waals surface area contributed by atoms with E-state index in [1.54, 1.807) is 19.5 Å². The third kappa shape index (κ3) is 3.61. The van der Waals surface area contributed by atoms with Gasteiger partial charge in [-0.05, 0) is 37.0 Å². The molecule has 0 bridgehead atoms. The number of carbonyl (C=O) groups is 1. The highest BCUT2D eigenvalue weighted by atomic mass is 16.5. The lowest BCUT2D eigenvalue weighted by molar-refractivity contribution is -0.140. The first-order valence-electron chi connectivity index (χ1n) is 8.75. The number of pyridine rings is 1. The van der Waals surface area contributed by atoms with Crippen LogP contribution in [0.5, 0.6) is 0 Å². The van der Waals surface area contributed by atoms with E-state index in [1.807, 2.05) is 17.0 Å². The number of hydrogen-bond acceptors (Lipinski definition) is 5. The number of methoxy groups -OCH3 is 1. The Balaban J connectivity index is 1.52. The van der Waals surface area contributed by atoms with Crippen molar-refractivity contribution >= 4 is 5.91 Å². The van der Waals surface area contributed by atoms with Crippen molar-refractivity contribution in [3.63, 3.8) is 0 Å². The quantitative estimate of drug-likeness (QED) is 0.853. The van der Waals surface area contributed by atoms with E-state index in [2.05, 4.69) is 4.98 Å². The summed E-state index contributed by atoms with van der Waals surface area (Å²) in [6, 6.07) is 3.30. The number of amides is 1. The van der Waals surface area contributed by atoms with Gasteiger partial charge in [0.1, 0.15) is 6.04 Å². The summed E-state index contributed by atoms with van der Waals surface area (Å²) in [7, 11) is 1.67. The van der Waals surface area contributed by atoms with Crippen LogP contribution in [0.25, 0.3) is 0 Å². The fourth-order valence-corrected chi connectivity index (χ4v) is 3.79. The smallest absolute Gasteiger partial charge is 0.242 e. The summed E-state index contributed by atoms with van der Waals surface area (Å²) in [5.41, 5.74) is 6.91. The molecule has 24 heavy (non-hydrogen) atoms. The van der Waals surface area contributed by atoms with E-state index in [4.69, 9.17) is 15.2 Å². The predicted octanol–water partition coefficient (Wildman–Crippen LogP) is 1.49. The fraction of sp³-hybridized carbons (Fsp3) is 0.667. The molecule has 2 aliphatic rings. The van der Waals surface area contributed by atoms with Gasteiger partial charge in [0.05, 0.1) is 18.3 Å². The van der Waals surface area contributed by atoms with Gasteiger partial charge in [-0.15, -0.1) is 0 Å². The molecule has 1 aliphatic carbocycles. The van der Waals surface area contributed by atoms with Crippen LogP contribution in [-0.4, -0.2) is 53.7 Å². The van der Waals surface area contributed by atoms with Gasteiger partial charge in [-0.3, -0.25) is 9.78 Å². The zero-order valence-corrected chi connectivity index (χ0v) is 14.3. The van der Waals surface area contributed by atoms with Crippen molar-refractivity contribution in [2.75, 3.05) is 20.2 Å². The number of aromatic nitrogens is 1. The van der Waals surface area contributed by atoms with Crippen LogP contribution in [0.15, 0.2) is 24.5 Å². The summed E-state index contributed by atoms with van der Waals surface area (Å²) in [5.74, 6) is -0.00578. The van der Waals surface area contributed by atoms with Gasteiger partial charge in [0.25, 0.3) is 0 Å². The van der Waals surface area contributed by atoms with Crippen LogP contribution < -0.4 is 5.73 Å². The number of carbonyl (C=O) groups excluding carboxylic acids is 1. The largest absolute Gasteiger partial charge is 0.376 e. The van der Waals surface area contributed by atoms with Gasteiger partial charge in [0.2, 0.25) is 5.91 Å². The van der Waals surface area contributed by atoms with Crippen molar-refractivity contribution in [3.05, 3.63) is 30.1 Å². The van der Waals surface area contributed by atoms with Gasteiger partial charge in [-0.25, -0.2) is 0 Å². The lowest BCUT2D eigenvalue weighted by atomic mass is 9.91. The summed E-state index contributed by atoms with van der Waals surface area (Å²) >= 11 is 0. The van der Waals surface area contributed by atoms with E-state index >= 15 is 0 Å². The van der Waals surface area contributed by atoms with Crippen molar-refractivity contribution in [1.82, 2.24) is 9.88 Å². The zero-order chi connectivity index (χ0) is 17.0. The van der Waals surface area contributed by atoms with Crippen LogP contribution in [0.2, 0.25) is 0 Å². The second-order valence-electron chi connectivity index (χ2n) is 6.82. The van der Waals surface area contributed by atoms with Crippen molar-refractivity contribution in [2.45, 2.75) is 56.5 Å². The summed E-state index contributed by atoms with van der Waals surface area (Å²) in [4.78, 5) is 18.6. The van der Waals surface area contributed by atoms with E-state index in [9.17, 15) is 4.79 Å². The summed E-state index contributed by atoms with van der Waals surface area (Å²) in [6.45, 7) is 1.86. The lowest BCUT2D eigenvalue weighted by Crippen LogP contribution is -2.57. The minimum atomic E-state index is -0.580. The van der Waals surface area contributed by atoms with Gasteiger partial charge in [-0.1, -0.05) is 12.8 Å². The first-order valence-corrected chi connectivity index (χ1v) is 8.75. The number of rotatable bonds is 6. The second kappa shape index (κ2) is 7.59. The maximum atomic E-state index is 12.8. The van der Waals surface area contributed by atoms with E-state index in [0.29, 0.717) is 19.7 Å². The molecule has 1 amide bonds. The molecule has 1 saturated carbocycles. The molecule has 1 saturated heterocycles. The highest BCUT2D eigenvalue weighted by molar-refractivity contribution is 5.83. The van der Waals surface area contributed by atoms with Gasteiger partial charge in [-0.2, -0.15) is 0 Å². The Kier molecular flexibility index (Phi) is 5.48. The molecule has 2 fully saturated rings. The van der Waals surface area contributed by atoms with Gasteiger partial charge < -0.3 is 20.1 Å². The fourth-order valence-electron chi connectivity index (χ4n) is 3.79. The average Bonchev–Trinajstić information content (AvgIpc) is 3.29. The molecule has 6 heteroatoms.